The molecule has 0 bridgehead atoms. The van der Waals surface area contributed by atoms with Crippen LogP contribution >= 0.6 is 22.9 Å². The first-order chi connectivity index (χ1) is 9.65. The van der Waals surface area contributed by atoms with E-state index in [2.05, 4.69) is 9.97 Å². The Morgan fingerprint density at radius 3 is 2.95 bits per heavy atom. The molecule has 5 nitrogen and oxygen atoms in total. The Kier molecular flexibility index (Phi) is 3.25. The molecule has 0 spiro atoms. The highest BCUT2D eigenvalue weighted by molar-refractivity contribution is 7.17. The third-order valence-electron chi connectivity index (χ3n) is 2.59. The van der Waals surface area contributed by atoms with Crippen LogP contribution in [0.3, 0.4) is 0 Å². The average Bonchev–Trinajstić information content (AvgIpc) is 2.88. The third-order valence-corrected chi connectivity index (χ3v) is 3.72. The van der Waals surface area contributed by atoms with E-state index in [9.17, 15) is 4.79 Å². The lowest BCUT2D eigenvalue weighted by Crippen LogP contribution is -2.00. The Bertz CT molecular complexity index is 803. The number of carboxylic acid groups (broad SMARTS) is 1. The standard InChI is InChI=1S/C13H7ClN2O3S/c14-7-1-2-8(13(17)18)10(5-7)19-12-11-9(3-4-20-11)15-6-16-12/h1-6H,(H,17,18). The van der Waals surface area contributed by atoms with E-state index in [4.69, 9.17) is 21.4 Å². The summed E-state index contributed by atoms with van der Waals surface area (Å²) in [5.74, 6) is -0.624. The summed E-state index contributed by atoms with van der Waals surface area (Å²) in [4.78, 5) is 19.3. The highest BCUT2D eigenvalue weighted by Gasteiger charge is 2.15. The first-order valence-electron chi connectivity index (χ1n) is 5.54. The summed E-state index contributed by atoms with van der Waals surface area (Å²) in [7, 11) is 0. The number of ether oxygens (including phenoxy) is 1. The van der Waals surface area contributed by atoms with Gasteiger partial charge in [-0.1, -0.05) is 11.6 Å². The number of nitrogens with zero attached hydrogens (tertiary/aromatic N) is 2. The van der Waals surface area contributed by atoms with Gasteiger partial charge in [0.25, 0.3) is 0 Å². The number of carboxylic acids is 1. The van der Waals surface area contributed by atoms with Gasteiger partial charge in [0.05, 0.1) is 5.52 Å². The number of benzene rings is 1. The minimum Gasteiger partial charge on any atom is -0.478 e. The first kappa shape index (κ1) is 12.8. The van der Waals surface area contributed by atoms with Crippen molar-refractivity contribution in [1.29, 1.82) is 0 Å². The van der Waals surface area contributed by atoms with Gasteiger partial charge in [0.1, 0.15) is 22.3 Å². The quantitative estimate of drug-likeness (QED) is 0.796. The van der Waals surface area contributed by atoms with E-state index in [1.807, 2.05) is 11.4 Å². The lowest BCUT2D eigenvalue weighted by molar-refractivity contribution is 0.0694. The van der Waals surface area contributed by atoms with E-state index in [1.54, 1.807) is 0 Å². The van der Waals surface area contributed by atoms with Crippen molar-refractivity contribution in [3.8, 4) is 11.6 Å². The largest absolute Gasteiger partial charge is 0.478 e. The minimum absolute atomic E-state index is 0.0257. The highest BCUT2D eigenvalue weighted by Crippen LogP contribution is 2.33. The van der Waals surface area contributed by atoms with Crippen LogP contribution in [0.25, 0.3) is 10.2 Å². The molecule has 0 atom stereocenters. The predicted octanol–water partition coefficient (Wildman–Crippen LogP) is 3.84. The molecule has 0 fully saturated rings. The highest BCUT2D eigenvalue weighted by atomic mass is 35.5. The van der Waals surface area contributed by atoms with Crippen molar-refractivity contribution in [3.63, 3.8) is 0 Å². The molecule has 0 aliphatic rings. The van der Waals surface area contributed by atoms with Crippen LogP contribution in [-0.4, -0.2) is 21.0 Å². The van der Waals surface area contributed by atoms with Crippen molar-refractivity contribution in [1.82, 2.24) is 9.97 Å². The Balaban J connectivity index is 2.09. The van der Waals surface area contributed by atoms with E-state index in [0.717, 1.165) is 10.2 Å². The van der Waals surface area contributed by atoms with Crippen LogP contribution < -0.4 is 4.74 Å². The smallest absolute Gasteiger partial charge is 0.339 e. The van der Waals surface area contributed by atoms with Gasteiger partial charge in [0.15, 0.2) is 0 Å². The van der Waals surface area contributed by atoms with E-state index in [1.165, 1.54) is 35.9 Å². The second-order valence-electron chi connectivity index (χ2n) is 3.86. The van der Waals surface area contributed by atoms with Gasteiger partial charge in [-0.15, -0.1) is 11.3 Å². The number of halogens is 1. The maximum absolute atomic E-state index is 11.2. The van der Waals surface area contributed by atoms with Crippen LogP contribution in [0.4, 0.5) is 0 Å². The lowest BCUT2D eigenvalue weighted by atomic mass is 10.2. The summed E-state index contributed by atoms with van der Waals surface area (Å²) in [6, 6.07) is 6.18. The molecule has 0 amide bonds. The van der Waals surface area contributed by atoms with Crippen LogP contribution in [0, 0.1) is 0 Å². The van der Waals surface area contributed by atoms with Gasteiger partial charge in [-0.3, -0.25) is 0 Å². The zero-order chi connectivity index (χ0) is 14.1. The summed E-state index contributed by atoms with van der Waals surface area (Å²) >= 11 is 7.30. The number of carbonyl (C=O) groups is 1. The van der Waals surface area contributed by atoms with Gasteiger partial charge >= 0.3 is 5.97 Å². The summed E-state index contributed by atoms with van der Waals surface area (Å²) in [6.07, 6.45) is 1.37. The molecule has 0 unspecified atom stereocenters. The number of aromatic carboxylic acids is 1. The van der Waals surface area contributed by atoms with Crippen molar-refractivity contribution in [2.24, 2.45) is 0 Å². The van der Waals surface area contributed by atoms with Gasteiger partial charge in [-0.05, 0) is 23.6 Å². The number of rotatable bonds is 3. The molecule has 20 heavy (non-hydrogen) atoms. The summed E-state index contributed by atoms with van der Waals surface area (Å²) in [5.41, 5.74) is 0.775. The summed E-state index contributed by atoms with van der Waals surface area (Å²) < 4.78 is 6.37. The van der Waals surface area contributed by atoms with Gasteiger partial charge in [-0.25, -0.2) is 14.8 Å². The number of hydrogen-bond acceptors (Lipinski definition) is 5. The molecule has 0 aliphatic heterocycles. The topological polar surface area (TPSA) is 72.3 Å². The van der Waals surface area contributed by atoms with Gasteiger partial charge in [-0.2, -0.15) is 0 Å². The maximum Gasteiger partial charge on any atom is 0.339 e. The fraction of sp³-hybridized carbons (Fsp3) is 0. The third kappa shape index (κ3) is 2.31. The SMILES string of the molecule is O=C(O)c1ccc(Cl)cc1Oc1ncnc2ccsc12. The molecule has 3 rings (SSSR count). The van der Waals surface area contributed by atoms with Crippen molar-refractivity contribution < 1.29 is 14.6 Å². The molecule has 1 aromatic carbocycles. The number of thiophene rings is 1. The molecule has 7 heteroatoms. The molecule has 100 valence electrons. The van der Waals surface area contributed by atoms with Crippen LogP contribution in [-0.2, 0) is 0 Å². The second-order valence-corrected chi connectivity index (χ2v) is 5.21. The molecule has 2 heterocycles. The fourth-order valence-electron chi connectivity index (χ4n) is 1.70. The lowest BCUT2D eigenvalue weighted by Gasteiger charge is -2.08. The van der Waals surface area contributed by atoms with E-state index in [-0.39, 0.29) is 11.3 Å². The van der Waals surface area contributed by atoms with Crippen molar-refractivity contribution >= 4 is 39.1 Å². The van der Waals surface area contributed by atoms with E-state index in [0.29, 0.717) is 10.9 Å². The Hall–Kier alpha value is -2.18. The molecular formula is C13H7ClN2O3S. The number of aromatic nitrogens is 2. The fourth-order valence-corrected chi connectivity index (χ4v) is 2.63. The first-order valence-corrected chi connectivity index (χ1v) is 6.80. The van der Waals surface area contributed by atoms with Crippen LogP contribution in [0.2, 0.25) is 5.02 Å². The molecule has 0 aliphatic carbocycles. The van der Waals surface area contributed by atoms with Crippen molar-refractivity contribution in [3.05, 3.63) is 46.6 Å². The second kappa shape index (κ2) is 5.07. The van der Waals surface area contributed by atoms with Crippen LogP contribution in [0.15, 0.2) is 36.0 Å². The van der Waals surface area contributed by atoms with Gasteiger partial charge in [0, 0.05) is 11.1 Å². The number of hydrogen-bond donors (Lipinski definition) is 1. The summed E-state index contributed by atoms with van der Waals surface area (Å²) in [6.45, 7) is 0. The van der Waals surface area contributed by atoms with Gasteiger partial charge in [0.2, 0.25) is 5.88 Å². The predicted molar refractivity (Wildman–Crippen MR) is 75.9 cm³/mol. The Morgan fingerprint density at radius 2 is 2.15 bits per heavy atom. The van der Waals surface area contributed by atoms with Crippen molar-refractivity contribution in [2.75, 3.05) is 0 Å². The Morgan fingerprint density at radius 1 is 1.30 bits per heavy atom. The molecule has 2 aromatic heterocycles. The summed E-state index contributed by atoms with van der Waals surface area (Å²) in [5, 5.41) is 11.4. The number of fused-ring (bicyclic) bond motifs is 1. The maximum atomic E-state index is 11.2. The Labute approximate surface area is 122 Å². The van der Waals surface area contributed by atoms with E-state index >= 15 is 0 Å². The van der Waals surface area contributed by atoms with Gasteiger partial charge < -0.3 is 9.84 Å². The normalized spacial score (nSPS) is 10.7. The van der Waals surface area contributed by atoms with Crippen LogP contribution in [0.1, 0.15) is 10.4 Å². The van der Waals surface area contributed by atoms with E-state index < -0.39 is 5.97 Å². The molecule has 0 saturated heterocycles. The molecule has 0 saturated carbocycles. The molecule has 1 N–H and O–H groups in total. The van der Waals surface area contributed by atoms with Crippen molar-refractivity contribution in [2.45, 2.75) is 0 Å². The minimum atomic E-state index is -1.09. The zero-order valence-electron chi connectivity index (χ0n) is 9.91. The molecule has 3 aromatic rings. The average molecular weight is 307 g/mol. The zero-order valence-corrected chi connectivity index (χ0v) is 11.5. The molecular weight excluding hydrogens is 300 g/mol. The molecule has 0 radical (unpaired) electrons. The van der Waals surface area contributed by atoms with Crippen LogP contribution in [0.5, 0.6) is 11.6 Å². The monoisotopic (exact) mass is 306 g/mol.